The van der Waals surface area contributed by atoms with E-state index in [-0.39, 0.29) is 5.75 Å². The number of hydrogen-bond acceptors (Lipinski definition) is 5. The third kappa shape index (κ3) is 3.73. The number of phenolic OH excluding ortho intramolecular Hbond substituents is 1. The quantitative estimate of drug-likeness (QED) is 0.631. The molecule has 1 fully saturated rings. The minimum absolute atomic E-state index is 0.0707. The van der Waals surface area contributed by atoms with Gasteiger partial charge in [-0.05, 0) is 57.4 Å². The molecule has 0 aromatic heterocycles. The van der Waals surface area contributed by atoms with Crippen molar-refractivity contribution in [1.82, 2.24) is 0 Å². The van der Waals surface area contributed by atoms with Gasteiger partial charge in [0.1, 0.15) is 11.4 Å². The molecule has 1 unspecified atom stereocenters. The van der Waals surface area contributed by atoms with E-state index in [1.165, 1.54) is 18.2 Å². The van der Waals surface area contributed by atoms with Crippen LogP contribution in [-0.2, 0) is 14.9 Å². The number of carbonyl (C=O) groups excluding carboxylic acids is 1. The molecule has 2 rings (SSSR count). The molecular formula is C16H21NO6. The van der Waals surface area contributed by atoms with Crippen molar-refractivity contribution in [2.24, 2.45) is 0 Å². The minimum Gasteiger partial charge on any atom is -0.508 e. The summed E-state index contributed by atoms with van der Waals surface area (Å²) in [7, 11) is 0. The molecule has 1 aliphatic carbocycles. The van der Waals surface area contributed by atoms with Crippen LogP contribution in [0.2, 0.25) is 0 Å². The van der Waals surface area contributed by atoms with E-state index in [2.05, 4.69) is 5.32 Å². The first kappa shape index (κ1) is 17.1. The first-order valence-electron chi connectivity index (χ1n) is 7.29. The number of nitrogens with one attached hydrogen (secondary N) is 1. The van der Waals surface area contributed by atoms with Gasteiger partial charge in [-0.1, -0.05) is 0 Å². The van der Waals surface area contributed by atoms with Gasteiger partial charge in [0.15, 0.2) is 6.10 Å². The summed E-state index contributed by atoms with van der Waals surface area (Å²) in [6.07, 6.45) is -1.40. The molecule has 4 N–H and O–H groups in total. The lowest BCUT2D eigenvalue weighted by atomic mass is 9.88. The van der Waals surface area contributed by atoms with Crippen molar-refractivity contribution < 1.29 is 29.6 Å². The van der Waals surface area contributed by atoms with Crippen LogP contribution in [0.15, 0.2) is 18.2 Å². The van der Waals surface area contributed by atoms with Gasteiger partial charge in [-0.25, -0.2) is 9.59 Å². The summed E-state index contributed by atoms with van der Waals surface area (Å²) in [6.45, 7) is 5.17. The molecule has 1 saturated carbocycles. The van der Waals surface area contributed by atoms with Crippen LogP contribution in [0.4, 0.5) is 10.5 Å². The van der Waals surface area contributed by atoms with Crippen LogP contribution in [0.1, 0.15) is 39.2 Å². The molecule has 126 valence electrons. The summed E-state index contributed by atoms with van der Waals surface area (Å²) in [4.78, 5) is 23.1. The van der Waals surface area contributed by atoms with Crippen molar-refractivity contribution in [2.75, 3.05) is 5.32 Å². The SMILES string of the molecule is CC(C)(C)OC(=O)Nc1ccc(O)cc1C1(C(O)C(=O)O)CC1. The second-order valence-corrected chi connectivity index (χ2v) is 6.75. The molecule has 1 aliphatic rings. The zero-order valence-electron chi connectivity index (χ0n) is 13.3. The lowest BCUT2D eigenvalue weighted by Gasteiger charge is -2.24. The lowest BCUT2D eigenvalue weighted by Crippen LogP contribution is -2.35. The summed E-state index contributed by atoms with van der Waals surface area (Å²) in [5, 5.41) is 31.3. The van der Waals surface area contributed by atoms with Crippen LogP contribution in [0, 0.1) is 0 Å². The van der Waals surface area contributed by atoms with Gasteiger partial charge in [0.25, 0.3) is 0 Å². The van der Waals surface area contributed by atoms with E-state index in [1.807, 2.05) is 0 Å². The number of anilines is 1. The zero-order valence-corrected chi connectivity index (χ0v) is 13.3. The normalized spacial score (nSPS) is 17.2. The Morgan fingerprint density at radius 2 is 1.91 bits per heavy atom. The van der Waals surface area contributed by atoms with Crippen molar-refractivity contribution in [3.05, 3.63) is 23.8 Å². The Kier molecular flexibility index (Phi) is 4.26. The highest BCUT2D eigenvalue weighted by atomic mass is 16.6. The van der Waals surface area contributed by atoms with Crippen molar-refractivity contribution in [3.63, 3.8) is 0 Å². The number of phenols is 1. The Balaban J connectivity index is 2.32. The Hall–Kier alpha value is -2.28. The standard InChI is InChI=1S/C16H21NO6/c1-15(2,3)23-14(22)17-11-5-4-9(18)8-10(11)16(6-7-16)12(19)13(20)21/h4-5,8,12,18-19H,6-7H2,1-3H3,(H,17,22)(H,20,21). The molecule has 1 amide bonds. The van der Waals surface area contributed by atoms with Crippen LogP contribution in [0.5, 0.6) is 5.75 Å². The van der Waals surface area contributed by atoms with E-state index in [0.29, 0.717) is 24.1 Å². The highest BCUT2D eigenvalue weighted by Gasteiger charge is 2.54. The Morgan fingerprint density at radius 3 is 2.39 bits per heavy atom. The molecule has 0 aliphatic heterocycles. The molecule has 7 heteroatoms. The predicted molar refractivity (Wildman–Crippen MR) is 82.5 cm³/mol. The smallest absolute Gasteiger partial charge is 0.412 e. The number of ether oxygens (including phenoxy) is 1. The second-order valence-electron chi connectivity index (χ2n) is 6.75. The average Bonchev–Trinajstić information content (AvgIpc) is 3.19. The molecule has 0 radical (unpaired) electrons. The van der Waals surface area contributed by atoms with E-state index < -0.39 is 29.2 Å². The van der Waals surface area contributed by atoms with Gasteiger partial charge in [0, 0.05) is 11.1 Å². The first-order valence-corrected chi connectivity index (χ1v) is 7.29. The van der Waals surface area contributed by atoms with Gasteiger partial charge in [-0.2, -0.15) is 0 Å². The molecule has 0 heterocycles. The molecule has 1 atom stereocenters. The van der Waals surface area contributed by atoms with E-state index >= 15 is 0 Å². The van der Waals surface area contributed by atoms with Crippen LogP contribution < -0.4 is 5.32 Å². The fourth-order valence-electron chi connectivity index (χ4n) is 2.53. The molecule has 0 bridgehead atoms. The zero-order chi connectivity index (χ0) is 17.4. The maximum atomic E-state index is 11.9. The third-order valence-electron chi connectivity index (χ3n) is 3.72. The number of aliphatic carboxylic acids is 1. The molecular weight excluding hydrogens is 302 g/mol. The van der Waals surface area contributed by atoms with Crippen LogP contribution >= 0.6 is 0 Å². The van der Waals surface area contributed by atoms with Crippen molar-refractivity contribution >= 4 is 17.7 Å². The second kappa shape index (κ2) is 5.73. The largest absolute Gasteiger partial charge is 0.508 e. The highest BCUT2D eigenvalue weighted by Crippen LogP contribution is 2.54. The molecule has 1 aromatic carbocycles. The minimum atomic E-state index is -1.61. The number of aromatic hydroxyl groups is 1. The van der Waals surface area contributed by atoms with Crippen LogP contribution in [0.25, 0.3) is 0 Å². The molecule has 1 aromatic rings. The molecule has 7 nitrogen and oxygen atoms in total. The Bertz CT molecular complexity index is 630. The van der Waals surface area contributed by atoms with E-state index in [1.54, 1.807) is 20.8 Å². The molecule has 0 spiro atoms. The van der Waals surface area contributed by atoms with Crippen molar-refractivity contribution in [3.8, 4) is 5.75 Å². The predicted octanol–water partition coefficient (Wildman–Crippen LogP) is 2.22. The van der Waals surface area contributed by atoms with Gasteiger partial charge in [0.05, 0.1) is 0 Å². The monoisotopic (exact) mass is 323 g/mol. The van der Waals surface area contributed by atoms with Gasteiger partial charge >= 0.3 is 12.1 Å². The van der Waals surface area contributed by atoms with Gasteiger partial charge in [-0.3, -0.25) is 5.32 Å². The van der Waals surface area contributed by atoms with Gasteiger partial charge in [0.2, 0.25) is 0 Å². The summed E-state index contributed by atoms with van der Waals surface area (Å²) >= 11 is 0. The van der Waals surface area contributed by atoms with Crippen molar-refractivity contribution in [1.29, 1.82) is 0 Å². The maximum Gasteiger partial charge on any atom is 0.412 e. The number of aliphatic hydroxyl groups is 1. The number of benzene rings is 1. The van der Waals surface area contributed by atoms with Gasteiger partial charge < -0.3 is 20.1 Å². The summed E-state index contributed by atoms with van der Waals surface area (Å²) in [5.74, 6) is -1.41. The summed E-state index contributed by atoms with van der Waals surface area (Å²) < 4.78 is 5.18. The number of aliphatic hydroxyl groups excluding tert-OH is 1. The Morgan fingerprint density at radius 1 is 1.30 bits per heavy atom. The van der Waals surface area contributed by atoms with Crippen LogP contribution in [-0.4, -0.2) is 39.1 Å². The molecule has 0 saturated heterocycles. The van der Waals surface area contributed by atoms with Gasteiger partial charge in [-0.15, -0.1) is 0 Å². The third-order valence-corrected chi connectivity index (χ3v) is 3.72. The van der Waals surface area contributed by atoms with Crippen LogP contribution in [0.3, 0.4) is 0 Å². The van der Waals surface area contributed by atoms with E-state index in [0.717, 1.165) is 0 Å². The Labute approximate surface area is 133 Å². The average molecular weight is 323 g/mol. The maximum absolute atomic E-state index is 11.9. The fraction of sp³-hybridized carbons (Fsp3) is 0.500. The summed E-state index contributed by atoms with van der Waals surface area (Å²) in [6, 6.07) is 4.20. The first-order chi connectivity index (χ1) is 10.5. The highest BCUT2D eigenvalue weighted by molar-refractivity contribution is 5.87. The number of carboxylic acids is 1. The van der Waals surface area contributed by atoms with Crippen molar-refractivity contribution in [2.45, 2.75) is 50.7 Å². The van der Waals surface area contributed by atoms with E-state index in [9.17, 15) is 19.8 Å². The number of carboxylic acid groups (broad SMARTS) is 1. The number of rotatable bonds is 4. The fourth-order valence-corrected chi connectivity index (χ4v) is 2.53. The summed E-state index contributed by atoms with van der Waals surface area (Å²) in [5.41, 5.74) is -0.985. The topological polar surface area (TPSA) is 116 Å². The number of amides is 1. The number of carbonyl (C=O) groups is 2. The lowest BCUT2D eigenvalue weighted by molar-refractivity contribution is -0.148. The number of hydrogen-bond donors (Lipinski definition) is 4. The molecule has 23 heavy (non-hydrogen) atoms. The van der Waals surface area contributed by atoms with E-state index in [4.69, 9.17) is 9.84 Å².